The number of amides is 1. The highest BCUT2D eigenvalue weighted by molar-refractivity contribution is 5.94. The van der Waals surface area contributed by atoms with Gasteiger partial charge in [-0.15, -0.1) is 0 Å². The van der Waals surface area contributed by atoms with Crippen LogP contribution in [0.5, 0.6) is 0 Å². The number of halogens is 2. The van der Waals surface area contributed by atoms with Gasteiger partial charge in [0.2, 0.25) is 5.91 Å². The topological polar surface area (TPSA) is 54.9 Å². The summed E-state index contributed by atoms with van der Waals surface area (Å²) in [6.07, 6.45) is 4.96. The van der Waals surface area contributed by atoms with Crippen molar-refractivity contribution in [2.45, 2.75) is 12.3 Å². The second kappa shape index (κ2) is 4.96. The van der Waals surface area contributed by atoms with E-state index >= 15 is 0 Å². The lowest BCUT2D eigenvalue weighted by Crippen LogP contribution is -2.15. The van der Waals surface area contributed by atoms with E-state index in [2.05, 4.69) is 15.3 Å². The summed E-state index contributed by atoms with van der Waals surface area (Å²) in [5.41, 5.74) is 0.380. The normalized spacial score (nSPS) is 20.5. The summed E-state index contributed by atoms with van der Waals surface area (Å²) in [6.45, 7) is 0. The fourth-order valence-corrected chi connectivity index (χ4v) is 2.21. The molecule has 0 aliphatic heterocycles. The molecule has 0 saturated heterocycles. The van der Waals surface area contributed by atoms with E-state index in [0.717, 1.165) is 6.07 Å². The highest BCUT2D eigenvalue weighted by Crippen LogP contribution is 2.48. The highest BCUT2D eigenvalue weighted by atomic mass is 19.1. The summed E-state index contributed by atoms with van der Waals surface area (Å²) >= 11 is 0. The van der Waals surface area contributed by atoms with Crippen LogP contribution in [0.1, 0.15) is 17.9 Å². The molecule has 1 fully saturated rings. The Hall–Kier alpha value is -2.37. The molecule has 3 rings (SSSR count). The number of hydrogen-bond donors (Lipinski definition) is 1. The Morgan fingerprint density at radius 1 is 1.30 bits per heavy atom. The number of anilines is 1. The van der Waals surface area contributed by atoms with Crippen LogP contribution in [-0.2, 0) is 4.79 Å². The van der Waals surface area contributed by atoms with E-state index in [1.807, 2.05) is 0 Å². The van der Waals surface area contributed by atoms with Gasteiger partial charge in [-0.25, -0.2) is 13.8 Å². The van der Waals surface area contributed by atoms with Crippen molar-refractivity contribution in [2.75, 3.05) is 5.32 Å². The highest BCUT2D eigenvalue weighted by Gasteiger charge is 2.45. The van der Waals surface area contributed by atoms with Crippen molar-refractivity contribution < 1.29 is 13.6 Å². The molecule has 1 aromatic carbocycles. The summed E-state index contributed by atoms with van der Waals surface area (Å²) in [5, 5.41) is 2.63. The quantitative estimate of drug-likeness (QED) is 0.936. The minimum atomic E-state index is -0.618. The SMILES string of the molecule is O=C(Nc1cnccn1)[C@H]1C[C@H]1c1ccc(F)cc1F. The Balaban J connectivity index is 1.68. The molecule has 1 heterocycles. The van der Waals surface area contributed by atoms with Crippen molar-refractivity contribution in [1.29, 1.82) is 0 Å². The molecule has 0 bridgehead atoms. The fourth-order valence-electron chi connectivity index (χ4n) is 2.21. The maximum Gasteiger partial charge on any atom is 0.229 e. The van der Waals surface area contributed by atoms with Gasteiger partial charge in [-0.05, 0) is 24.0 Å². The minimum absolute atomic E-state index is 0.202. The monoisotopic (exact) mass is 275 g/mol. The van der Waals surface area contributed by atoms with Crippen LogP contribution in [0.4, 0.5) is 14.6 Å². The summed E-state index contributed by atoms with van der Waals surface area (Å²) in [5.74, 6) is -1.59. The van der Waals surface area contributed by atoms with Gasteiger partial charge in [0, 0.05) is 24.4 Å². The predicted molar refractivity (Wildman–Crippen MR) is 67.9 cm³/mol. The molecule has 0 spiro atoms. The molecule has 1 N–H and O–H groups in total. The third kappa shape index (κ3) is 2.49. The molecule has 2 atom stereocenters. The number of hydrogen-bond acceptors (Lipinski definition) is 3. The van der Waals surface area contributed by atoms with E-state index in [9.17, 15) is 13.6 Å². The second-order valence-electron chi connectivity index (χ2n) is 4.69. The van der Waals surface area contributed by atoms with Crippen LogP contribution in [0.3, 0.4) is 0 Å². The van der Waals surface area contributed by atoms with Crippen LogP contribution < -0.4 is 5.32 Å². The molecule has 1 saturated carbocycles. The van der Waals surface area contributed by atoms with E-state index < -0.39 is 11.6 Å². The van der Waals surface area contributed by atoms with Gasteiger partial charge < -0.3 is 5.32 Å². The van der Waals surface area contributed by atoms with Crippen LogP contribution >= 0.6 is 0 Å². The number of rotatable bonds is 3. The summed E-state index contributed by atoms with van der Waals surface area (Å²) in [4.78, 5) is 19.7. The van der Waals surface area contributed by atoms with E-state index in [1.54, 1.807) is 0 Å². The third-order valence-corrected chi connectivity index (χ3v) is 3.30. The van der Waals surface area contributed by atoms with Crippen molar-refractivity contribution in [3.63, 3.8) is 0 Å². The lowest BCUT2D eigenvalue weighted by molar-refractivity contribution is -0.117. The molecular formula is C14H11F2N3O. The Morgan fingerprint density at radius 2 is 2.15 bits per heavy atom. The van der Waals surface area contributed by atoms with E-state index in [0.29, 0.717) is 17.8 Å². The maximum atomic E-state index is 13.6. The lowest BCUT2D eigenvalue weighted by Gasteiger charge is -2.04. The van der Waals surface area contributed by atoms with Gasteiger partial charge >= 0.3 is 0 Å². The van der Waals surface area contributed by atoms with Gasteiger partial charge in [-0.2, -0.15) is 0 Å². The molecule has 1 aromatic heterocycles. The van der Waals surface area contributed by atoms with Gasteiger partial charge in [0.15, 0.2) is 5.82 Å². The first kappa shape index (κ1) is 12.7. The molecule has 102 valence electrons. The smallest absolute Gasteiger partial charge is 0.229 e. The first-order valence-electron chi connectivity index (χ1n) is 6.17. The van der Waals surface area contributed by atoms with Crippen LogP contribution in [-0.4, -0.2) is 15.9 Å². The first-order chi connectivity index (χ1) is 9.65. The van der Waals surface area contributed by atoms with Crippen molar-refractivity contribution >= 4 is 11.7 Å². The Labute approximate surface area is 113 Å². The Kier molecular flexibility index (Phi) is 3.14. The molecular weight excluding hydrogens is 264 g/mol. The number of carbonyl (C=O) groups excluding carboxylic acids is 1. The second-order valence-corrected chi connectivity index (χ2v) is 4.69. The van der Waals surface area contributed by atoms with Crippen molar-refractivity contribution in [2.24, 2.45) is 5.92 Å². The molecule has 0 radical (unpaired) electrons. The van der Waals surface area contributed by atoms with Crippen LogP contribution in [0, 0.1) is 17.6 Å². The molecule has 0 unspecified atom stereocenters. The minimum Gasteiger partial charge on any atom is -0.309 e. The van der Waals surface area contributed by atoms with Crippen molar-refractivity contribution in [3.05, 3.63) is 54.0 Å². The number of nitrogens with zero attached hydrogens (tertiary/aromatic N) is 2. The average molecular weight is 275 g/mol. The molecule has 1 aliphatic carbocycles. The zero-order valence-electron chi connectivity index (χ0n) is 10.4. The maximum absolute atomic E-state index is 13.6. The Bertz CT molecular complexity index is 648. The van der Waals surface area contributed by atoms with Gasteiger partial charge in [-0.1, -0.05) is 6.07 Å². The van der Waals surface area contributed by atoms with Crippen LogP contribution in [0.15, 0.2) is 36.8 Å². The summed E-state index contributed by atoms with van der Waals surface area (Å²) < 4.78 is 26.5. The van der Waals surface area contributed by atoms with Gasteiger partial charge in [0.1, 0.15) is 11.6 Å². The lowest BCUT2D eigenvalue weighted by atomic mass is 10.1. The average Bonchev–Trinajstić information content (AvgIpc) is 3.20. The van der Waals surface area contributed by atoms with Gasteiger partial charge in [0.05, 0.1) is 6.20 Å². The molecule has 6 heteroatoms. The van der Waals surface area contributed by atoms with Crippen molar-refractivity contribution in [1.82, 2.24) is 9.97 Å². The van der Waals surface area contributed by atoms with E-state index in [-0.39, 0.29) is 17.7 Å². The largest absolute Gasteiger partial charge is 0.309 e. The van der Waals surface area contributed by atoms with Crippen molar-refractivity contribution in [3.8, 4) is 0 Å². The molecule has 1 aliphatic rings. The fraction of sp³-hybridized carbons (Fsp3) is 0.214. The number of carbonyl (C=O) groups is 1. The summed E-state index contributed by atoms with van der Waals surface area (Å²) in [7, 11) is 0. The van der Waals surface area contributed by atoms with E-state index in [4.69, 9.17) is 0 Å². The third-order valence-electron chi connectivity index (χ3n) is 3.30. The number of aromatic nitrogens is 2. The standard InChI is InChI=1S/C14H11F2N3O/c15-8-1-2-9(12(16)5-8)10-6-11(10)14(20)19-13-7-17-3-4-18-13/h1-5,7,10-11H,6H2,(H,18,19,20)/t10-,11-/m0/s1. The molecule has 1 amide bonds. The zero-order valence-corrected chi connectivity index (χ0v) is 10.4. The molecule has 4 nitrogen and oxygen atoms in total. The molecule has 20 heavy (non-hydrogen) atoms. The number of nitrogens with one attached hydrogen (secondary N) is 1. The summed E-state index contributed by atoms with van der Waals surface area (Å²) in [6, 6.07) is 3.44. The molecule has 2 aromatic rings. The zero-order chi connectivity index (χ0) is 14.1. The van der Waals surface area contributed by atoms with Gasteiger partial charge in [-0.3, -0.25) is 9.78 Å². The van der Waals surface area contributed by atoms with Gasteiger partial charge in [0.25, 0.3) is 0 Å². The Morgan fingerprint density at radius 3 is 2.85 bits per heavy atom. The predicted octanol–water partition coefficient (Wildman–Crippen LogP) is 2.50. The number of benzene rings is 1. The first-order valence-corrected chi connectivity index (χ1v) is 6.17. The van der Waals surface area contributed by atoms with Crippen LogP contribution in [0.25, 0.3) is 0 Å². The van der Waals surface area contributed by atoms with Crippen LogP contribution in [0.2, 0.25) is 0 Å². The van der Waals surface area contributed by atoms with E-state index in [1.165, 1.54) is 30.7 Å².